The molecular formula is C37H35N3O3. The van der Waals surface area contributed by atoms with Crippen LogP contribution in [0.4, 0.5) is 11.4 Å². The Balaban J connectivity index is 1.06. The lowest BCUT2D eigenvalue weighted by Gasteiger charge is -2.19. The Kier molecular flexibility index (Phi) is 10.6. The molecule has 5 aromatic rings. The summed E-state index contributed by atoms with van der Waals surface area (Å²) >= 11 is 0. The van der Waals surface area contributed by atoms with Gasteiger partial charge in [-0.15, -0.1) is 0 Å². The minimum Gasteiger partial charge on any atom is -0.492 e. The summed E-state index contributed by atoms with van der Waals surface area (Å²) in [6, 6.07) is 45.8. The van der Waals surface area contributed by atoms with Crippen molar-refractivity contribution in [3.8, 4) is 17.2 Å². The van der Waals surface area contributed by atoms with E-state index in [2.05, 4.69) is 59.2 Å². The first kappa shape index (κ1) is 29.2. The van der Waals surface area contributed by atoms with Crippen LogP contribution < -0.4 is 25.0 Å². The van der Waals surface area contributed by atoms with Crippen molar-refractivity contribution in [3.63, 3.8) is 0 Å². The van der Waals surface area contributed by atoms with E-state index in [9.17, 15) is 4.79 Å². The molecule has 0 saturated heterocycles. The molecule has 0 heterocycles. The number of nitrogens with one attached hydrogen (secondary N) is 2. The third kappa shape index (κ3) is 8.83. The third-order valence-electron chi connectivity index (χ3n) is 6.87. The van der Waals surface area contributed by atoms with E-state index >= 15 is 0 Å². The SMILES string of the molecule is O=CN(/C=C\Nc1ccc(Oc2ccccc2)cc1)c1ccc(OCCNCC(c2ccccc2)c2ccccc2)cc1. The molecular weight excluding hydrogens is 534 g/mol. The summed E-state index contributed by atoms with van der Waals surface area (Å²) in [5, 5.41) is 6.72. The highest BCUT2D eigenvalue weighted by Gasteiger charge is 2.13. The van der Waals surface area contributed by atoms with Crippen molar-refractivity contribution >= 4 is 17.8 Å². The standard InChI is InChI=1S/C37H35N3O3/c41-29-40(26-24-39-32-16-20-36(21-17-32)43-35-14-8-3-9-15-35)33-18-22-34(23-19-33)42-27-25-38-28-37(30-10-4-1-5-11-30)31-12-6-2-7-13-31/h1-24,26,29,37-39H,25,27-28H2/b26-24-. The van der Waals surface area contributed by atoms with E-state index in [1.807, 2.05) is 91.0 Å². The summed E-state index contributed by atoms with van der Waals surface area (Å²) in [6.45, 7) is 2.06. The fourth-order valence-electron chi connectivity index (χ4n) is 4.64. The summed E-state index contributed by atoms with van der Waals surface area (Å²) in [4.78, 5) is 13.2. The van der Waals surface area contributed by atoms with Gasteiger partial charge in [0.15, 0.2) is 0 Å². The molecule has 0 aliphatic rings. The molecule has 0 unspecified atom stereocenters. The number of ether oxygens (including phenoxy) is 2. The highest BCUT2D eigenvalue weighted by atomic mass is 16.5. The monoisotopic (exact) mass is 569 g/mol. The zero-order valence-corrected chi connectivity index (χ0v) is 23.9. The molecule has 0 aromatic heterocycles. The Labute approximate surface area is 253 Å². The van der Waals surface area contributed by atoms with Gasteiger partial charge in [-0.05, 0) is 71.8 Å². The van der Waals surface area contributed by atoms with Crippen LogP contribution in [-0.2, 0) is 4.79 Å². The van der Waals surface area contributed by atoms with E-state index in [4.69, 9.17) is 9.47 Å². The molecule has 6 heteroatoms. The third-order valence-corrected chi connectivity index (χ3v) is 6.87. The van der Waals surface area contributed by atoms with E-state index in [1.54, 1.807) is 12.4 Å². The molecule has 0 radical (unpaired) electrons. The van der Waals surface area contributed by atoms with Gasteiger partial charge in [-0.1, -0.05) is 78.9 Å². The van der Waals surface area contributed by atoms with Crippen molar-refractivity contribution in [2.75, 3.05) is 29.9 Å². The van der Waals surface area contributed by atoms with Gasteiger partial charge >= 0.3 is 0 Å². The highest BCUT2D eigenvalue weighted by molar-refractivity contribution is 5.78. The summed E-state index contributed by atoms with van der Waals surface area (Å²) in [5.74, 6) is 2.55. The average molecular weight is 570 g/mol. The van der Waals surface area contributed by atoms with Gasteiger partial charge in [0.1, 0.15) is 23.9 Å². The lowest BCUT2D eigenvalue weighted by atomic mass is 9.91. The van der Waals surface area contributed by atoms with Crippen LogP contribution >= 0.6 is 0 Å². The first-order chi connectivity index (χ1) is 21.3. The molecule has 216 valence electrons. The van der Waals surface area contributed by atoms with E-state index < -0.39 is 0 Å². The van der Waals surface area contributed by atoms with Crippen LogP contribution in [0, 0.1) is 0 Å². The predicted octanol–water partition coefficient (Wildman–Crippen LogP) is 7.83. The highest BCUT2D eigenvalue weighted by Crippen LogP contribution is 2.25. The van der Waals surface area contributed by atoms with Crippen LogP contribution in [0.25, 0.3) is 0 Å². The van der Waals surface area contributed by atoms with Crippen LogP contribution in [0.2, 0.25) is 0 Å². The number of rotatable bonds is 15. The second-order valence-electron chi connectivity index (χ2n) is 9.83. The molecule has 0 fully saturated rings. The van der Waals surface area contributed by atoms with Gasteiger partial charge in [-0.2, -0.15) is 0 Å². The first-order valence-corrected chi connectivity index (χ1v) is 14.3. The summed E-state index contributed by atoms with van der Waals surface area (Å²) < 4.78 is 11.8. The number of anilines is 2. The Hall–Kier alpha value is -5.33. The maximum atomic E-state index is 11.7. The van der Waals surface area contributed by atoms with Crippen LogP contribution in [0.15, 0.2) is 152 Å². The van der Waals surface area contributed by atoms with Crippen molar-refractivity contribution < 1.29 is 14.3 Å². The van der Waals surface area contributed by atoms with Crippen molar-refractivity contribution in [3.05, 3.63) is 163 Å². The molecule has 2 N–H and O–H groups in total. The maximum Gasteiger partial charge on any atom is 0.218 e. The number of amides is 1. The molecule has 1 amide bonds. The quantitative estimate of drug-likeness (QED) is 0.0994. The minimum absolute atomic E-state index is 0.270. The van der Waals surface area contributed by atoms with Crippen molar-refractivity contribution in [2.45, 2.75) is 5.92 Å². The molecule has 0 spiro atoms. The Morgan fingerprint density at radius 1 is 0.651 bits per heavy atom. The van der Waals surface area contributed by atoms with Crippen molar-refractivity contribution in [1.82, 2.24) is 5.32 Å². The van der Waals surface area contributed by atoms with Crippen LogP contribution in [-0.4, -0.2) is 26.1 Å². The van der Waals surface area contributed by atoms with Gasteiger partial charge in [-0.3, -0.25) is 9.69 Å². The molecule has 0 saturated carbocycles. The number of hydrogen-bond donors (Lipinski definition) is 2. The predicted molar refractivity (Wildman–Crippen MR) is 174 cm³/mol. The van der Waals surface area contributed by atoms with E-state index in [1.165, 1.54) is 16.0 Å². The van der Waals surface area contributed by atoms with Gasteiger partial charge in [0.2, 0.25) is 6.41 Å². The summed E-state index contributed by atoms with van der Waals surface area (Å²) in [7, 11) is 0. The zero-order valence-electron chi connectivity index (χ0n) is 23.9. The van der Waals surface area contributed by atoms with Gasteiger partial charge in [0, 0.05) is 42.8 Å². The number of carbonyl (C=O) groups is 1. The van der Waals surface area contributed by atoms with E-state index in [0.717, 1.165) is 41.6 Å². The van der Waals surface area contributed by atoms with Gasteiger partial charge in [0.05, 0.1) is 0 Å². The Morgan fingerprint density at radius 2 is 1.21 bits per heavy atom. The summed E-state index contributed by atoms with van der Waals surface area (Å²) in [5.41, 5.74) is 4.18. The van der Waals surface area contributed by atoms with Gasteiger partial charge in [0.25, 0.3) is 0 Å². The Morgan fingerprint density at radius 3 is 1.81 bits per heavy atom. The van der Waals surface area contributed by atoms with Crippen LogP contribution in [0.3, 0.4) is 0 Å². The molecule has 0 atom stereocenters. The molecule has 5 aromatic carbocycles. The summed E-state index contributed by atoms with van der Waals surface area (Å²) in [6.07, 6.45) is 4.16. The van der Waals surface area contributed by atoms with Crippen LogP contribution in [0.5, 0.6) is 17.2 Å². The maximum absolute atomic E-state index is 11.7. The number of hydrogen-bond acceptors (Lipinski definition) is 5. The van der Waals surface area contributed by atoms with E-state index in [0.29, 0.717) is 13.2 Å². The lowest BCUT2D eigenvalue weighted by molar-refractivity contribution is -0.106. The van der Waals surface area contributed by atoms with Gasteiger partial charge < -0.3 is 20.1 Å². The topological polar surface area (TPSA) is 62.8 Å². The Bertz CT molecular complexity index is 1500. The molecule has 0 aliphatic carbocycles. The number of benzene rings is 5. The fraction of sp³-hybridized carbons (Fsp3) is 0.108. The van der Waals surface area contributed by atoms with Crippen molar-refractivity contribution in [2.24, 2.45) is 0 Å². The normalized spacial score (nSPS) is 10.9. The zero-order chi connectivity index (χ0) is 29.5. The van der Waals surface area contributed by atoms with Gasteiger partial charge in [-0.25, -0.2) is 0 Å². The second-order valence-corrected chi connectivity index (χ2v) is 9.83. The van der Waals surface area contributed by atoms with E-state index in [-0.39, 0.29) is 5.92 Å². The number of para-hydroxylation sites is 1. The smallest absolute Gasteiger partial charge is 0.218 e. The number of nitrogens with zero attached hydrogens (tertiary/aromatic N) is 1. The molecule has 6 nitrogen and oxygen atoms in total. The second kappa shape index (κ2) is 15.6. The van der Waals surface area contributed by atoms with Crippen LogP contribution in [0.1, 0.15) is 17.0 Å². The van der Waals surface area contributed by atoms with Crippen molar-refractivity contribution in [1.29, 1.82) is 0 Å². The fourth-order valence-corrected chi connectivity index (χ4v) is 4.64. The molecule has 0 aliphatic heterocycles. The molecule has 0 bridgehead atoms. The average Bonchev–Trinajstić information content (AvgIpc) is 3.07. The molecule has 5 rings (SSSR count). The molecule has 43 heavy (non-hydrogen) atoms. The lowest BCUT2D eigenvalue weighted by Crippen LogP contribution is -2.26. The number of carbonyl (C=O) groups excluding carboxylic acids is 1. The first-order valence-electron chi connectivity index (χ1n) is 14.3. The largest absolute Gasteiger partial charge is 0.492 e. The minimum atomic E-state index is 0.270.